The van der Waals surface area contributed by atoms with E-state index < -0.39 is 0 Å². The van der Waals surface area contributed by atoms with E-state index in [9.17, 15) is 0 Å². The van der Waals surface area contributed by atoms with Crippen molar-refractivity contribution in [3.8, 4) is 0 Å². The molecule has 1 rings (SSSR count). The average molecular weight is 242 g/mol. The highest BCUT2D eigenvalue weighted by Crippen LogP contribution is 2.21. The van der Waals surface area contributed by atoms with Gasteiger partial charge in [0.15, 0.2) is 0 Å². The van der Waals surface area contributed by atoms with Crippen LogP contribution in [0.1, 0.15) is 40.5 Å². The lowest BCUT2D eigenvalue weighted by Crippen LogP contribution is -2.55. The molecule has 3 nitrogen and oxygen atoms in total. The molecule has 1 aliphatic rings. The minimum absolute atomic E-state index is 0.359. The second kappa shape index (κ2) is 7.34. The van der Waals surface area contributed by atoms with Crippen LogP contribution in [0.15, 0.2) is 0 Å². The molecule has 17 heavy (non-hydrogen) atoms. The highest BCUT2D eigenvalue weighted by molar-refractivity contribution is 4.87. The maximum absolute atomic E-state index is 5.53. The van der Waals surface area contributed by atoms with Crippen molar-refractivity contribution in [1.82, 2.24) is 10.2 Å². The van der Waals surface area contributed by atoms with Gasteiger partial charge in [-0.15, -0.1) is 0 Å². The minimum atomic E-state index is 0.359. The van der Waals surface area contributed by atoms with Crippen molar-refractivity contribution in [3.05, 3.63) is 0 Å². The van der Waals surface area contributed by atoms with Gasteiger partial charge in [-0.05, 0) is 18.3 Å². The van der Waals surface area contributed by atoms with E-state index in [0.717, 1.165) is 32.6 Å². The molecule has 3 heteroatoms. The van der Waals surface area contributed by atoms with Crippen molar-refractivity contribution in [2.75, 3.05) is 39.4 Å². The minimum Gasteiger partial charge on any atom is -0.381 e. The first kappa shape index (κ1) is 14.9. The van der Waals surface area contributed by atoms with E-state index in [1.54, 1.807) is 0 Å². The zero-order valence-corrected chi connectivity index (χ0v) is 12.1. The first-order valence-corrected chi connectivity index (χ1v) is 7.07. The van der Waals surface area contributed by atoms with Crippen molar-refractivity contribution in [1.29, 1.82) is 0 Å². The summed E-state index contributed by atoms with van der Waals surface area (Å²) in [6, 6.07) is 0.618. The molecule has 0 aromatic heterocycles. The van der Waals surface area contributed by atoms with Crippen LogP contribution in [0.2, 0.25) is 0 Å². The second-order valence-electron chi connectivity index (χ2n) is 6.14. The number of ether oxygens (including phenoxy) is 1. The van der Waals surface area contributed by atoms with Crippen molar-refractivity contribution in [2.24, 2.45) is 5.41 Å². The number of nitrogens with zero attached hydrogens (tertiary/aromatic N) is 1. The Morgan fingerprint density at radius 2 is 2.06 bits per heavy atom. The van der Waals surface area contributed by atoms with E-state index in [0.29, 0.717) is 11.5 Å². The Bertz CT molecular complexity index is 201. The Hall–Kier alpha value is -0.120. The van der Waals surface area contributed by atoms with E-state index in [-0.39, 0.29) is 0 Å². The third-order valence-corrected chi connectivity index (χ3v) is 3.42. The first-order chi connectivity index (χ1) is 8.04. The van der Waals surface area contributed by atoms with E-state index in [4.69, 9.17) is 4.74 Å². The molecular weight excluding hydrogens is 212 g/mol. The summed E-state index contributed by atoms with van der Waals surface area (Å²) in [7, 11) is 0. The Balaban J connectivity index is 2.17. The maximum atomic E-state index is 5.53. The predicted octanol–water partition coefficient (Wildman–Crippen LogP) is 2.12. The van der Waals surface area contributed by atoms with Crippen LogP contribution in [0.5, 0.6) is 0 Å². The van der Waals surface area contributed by atoms with Gasteiger partial charge in [-0.2, -0.15) is 0 Å². The Morgan fingerprint density at radius 1 is 1.29 bits per heavy atom. The van der Waals surface area contributed by atoms with Crippen LogP contribution in [0, 0.1) is 5.41 Å². The molecular formula is C14H30N2O. The van der Waals surface area contributed by atoms with Crippen LogP contribution in [-0.2, 0) is 4.74 Å². The molecule has 1 unspecified atom stereocenters. The molecule has 0 amide bonds. The van der Waals surface area contributed by atoms with Gasteiger partial charge in [0.05, 0.1) is 0 Å². The number of piperazine rings is 1. The Morgan fingerprint density at radius 3 is 2.71 bits per heavy atom. The number of nitrogens with one attached hydrogen (secondary N) is 1. The fourth-order valence-corrected chi connectivity index (χ4v) is 2.23. The SMILES string of the molecule is CCCOCCCN1CCNC(C(C)(C)C)C1. The average Bonchev–Trinajstić information content (AvgIpc) is 2.28. The van der Waals surface area contributed by atoms with Gasteiger partial charge in [-0.3, -0.25) is 0 Å². The highest BCUT2D eigenvalue weighted by Gasteiger charge is 2.28. The van der Waals surface area contributed by atoms with Crippen LogP contribution >= 0.6 is 0 Å². The van der Waals surface area contributed by atoms with Crippen molar-refractivity contribution < 1.29 is 4.74 Å². The standard InChI is InChI=1S/C14H30N2O/c1-5-10-17-11-6-8-16-9-7-15-13(12-16)14(2,3)4/h13,15H,5-12H2,1-4H3. The zero-order valence-electron chi connectivity index (χ0n) is 12.1. The van der Waals surface area contributed by atoms with Gasteiger partial charge >= 0.3 is 0 Å². The number of rotatable bonds is 6. The van der Waals surface area contributed by atoms with Crippen LogP contribution in [0.3, 0.4) is 0 Å². The number of hydrogen-bond acceptors (Lipinski definition) is 3. The molecule has 0 spiro atoms. The molecule has 0 radical (unpaired) electrons. The lowest BCUT2D eigenvalue weighted by Gasteiger charge is -2.40. The van der Waals surface area contributed by atoms with Gasteiger partial charge in [0, 0.05) is 45.4 Å². The molecule has 1 heterocycles. The van der Waals surface area contributed by atoms with Crippen molar-refractivity contribution >= 4 is 0 Å². The van der Waals surface area contributed by atoms with Gasteiger partial charge in [-0.25, -0.2) is 0 Å². The van der Waals surface area contributed by atoms with Crippen LogP contribution in [-0.4, -0.2) is 50.3 Å². The topological polar surface area (TPSA) is 24.5 Å². The molecule has 1 atom stereocenters. The van der Waals surface area contributed by atoms with Crippen molar-refractivity contribution in [2.45, 2.75) is 46.6 Å². The molecule has 1 fully saturated rings. The van der Waals surface area contributed by atoms with E-state index in [2.05, 4.69) is 37.9 Å². The van der Waals surface area contributed by atoms with Crippen LogP contribution in [0.25, 0.3) is 0 Å². The second-order valence-corrected chi connectivity index (χ2v) is 6.14. The number of hydrogen-bond donors (Lipinski definition) is 1. The van der Waals surface area contributed by atoms with Gasteiger partial charge < -0.3 is 15.0 Å². The summed E-state index contributed by atoms with van der Waals surface area (Å²) in [5.74, 6) is 0. The first-order valence-electron chi connectivity index (χ1n) is 7.07. The summed E-state index contributed by atoms with van der Waals surface area (Å²) in [5.41, 5.74) is 0.359. The molecule has 0 saturated carbocycles. The maximum Gasteiger partial charge on any atom is 0.0478 e. The highest BCUT2D eigenvalue weighted by atomic mass is 16.5. The summed E-state index contributed by atoms with van der Waals surface area (Å²) in [5, 5.41) is 3.63. The molecule has 0 bridgehead atoms. The van der Waals surface area contributed by atoms with E-state index in [1.807, 2.05) is 0 Å². The summed E-state index contributed by atoms with van der Waals surface area (Å²) in [6.07, 6.45) is 2.29. The molecule has 1 N–H and O–H groups in total. The predicted molar refractivity (Wildman–Crippen MR) is 73.4 cm³/mol. The normalized spacial score (nSPS) is 22.9. The Labute approximate surface area is 107 Å². The van der Waals surface area contributed by atoms with Crippen molar-refractivity contribution in [3.63, 3.8) is 0 Å². The largest absolute Gasteiger partial charge is 0.381 e. The van der Waals surface area contributed by atoms with Gasteiger partial charge in [0.2, 0.25) is 0 Å². The molecule has 0 aromatic rings. The zero-order chi connectivity index (χ0) is 12.7. The fourth-order valence-electron chi connectivity index (χ4n) is 2.23. The molecule has 102 valence electrons. The summed E-state index contributed by atoms with van der Waals surface area (Å²) in [6.45, 7) is 15.6. The molecule has 1 saturated heterocycles. The van der Waals surface area contributed by atoms with Gasteiger partial charge in [-0.1, -0.05) is 27.7 Å². The smallest absolute Gasteiger partial charge is 0.0478 e. The van der Waals surface area contributed by atoms with E-state index in [1.165, 1.54) is 19.6 Å². The third-order valence-electron chi connectivity index (χ3n) is 3.42. The lowest BCUT2D eigenvalue weighted by molar-refractivity contribution is 0.100. The summed E-state index contributed by atoms with van der Waals surface area (Å²) >= 11 is 0. The molecule has 0 aliphatic carbocycles. The fraction of sp³-hybridized carbons (Fsp3) is 1.00. The quantitative estimate of drug-likeness (QED) is 0.722. The monoisotopic (exact) mass is 242 g/mol. The van der Waals surface area contributed by atoms with Crippen LogP contribution < -0.4 is 5.32 Å². The Kier molecular flexibility index (Phi) is 6.45. The molecule has 0 aromatic carbocycles. The van der Waals surface area contributed by atoms with Gasteiger partial charge in [0.1, 0.15) is 0 Å². The lowest BCUT2D eigenvalue weighted by atomic mass is 9.85. The summed E-state index contributed by atoms with van der Waals surface area (Å²) in [4.78, 5) is 2.57. The molecule has 1 aliphatic heterocycles. The van der Waals surface area contributed by atoms with Gasteiger partial charge in [0.25, 0.3) is 0 Å². The van der Waals surface area contributed by atoms with Crippen LogP contribution in [0.4, 0.5) is 0 Å². The van der Waals surface area contributed by atoms with E-state index >= 15 is 0 Å². The third kappa shape index (κ3) is 5.84. The summed E-state index contributed by atoms with van der Waals surface area (Å²) < 4.78 is 5.53.